The van der Waals surface area contributed by atoms with E-state index in [0.717, 1.165) is 16.8 Å². The van der Waals surface area contributed by atoms with Crippen LogP contribution in [0.5, 0.6) is 17.4 Å². The highest BCUT2D eigenvalue weighted by molar-refractivity contribution is 5.84. The third-order valence-electron chi connectivity index (χ3n) is 6.42. The minimum atomic E-state index is -0.565. The van der Waals surface area contributed by atoms with Crippen molar-refractivity contribution in [3.8, 4) is 28.5 Å². The first kappa shape index (κ1) is 25.1. The Morgan fingerprint density at radius 1 is 1.22 bits per heavy atom. The molecule has 2 N–H and O–H groups in total. The van der Waals surface area contributed by atoms with E-state index in [-0.39, 0.29) is 37.6 Å². The van der Waals surface area contributed by atoms with Gasteiger partial charge in [0.2, 0.25) is 0 Å². The minimum Gasteiger partial charge on any atom is -0.497 e. The Kier molecular flexibility index (Phi) is 7.58. The number of nitrogens with zero attached hydrogens (tertiary/aromatic N) is 4. The summed E-state index contributed by atoms with van der Waals surface area (Å²) in [6.07, 6.45) is 3.32. The summed E-state index contributed by atoms with van der Waals surface area (Å²) in [5.41, 5.74) is 3.07. The first-order valence-corrected chi connectivity index (χ1v) is 12.2. The number of fused-ring (bicyclic) bond motifs is 5. The van der Waals surface area contributed by atoms with Gasteiger partial charge in [0.1, 0.15) is 25.1 Å². The largest absolute Gasteiger partial charge is 0.497 e. The van der Waals surface area contributed by atoms with E-state index in [1.165, 1.54) is 0 Å². The number of anilines is 1. The Morgan fingerprint density at radius 3 is 2.92 bits per heavy atom. The van der Waals surface area contributed by atoms with Crippen molar-refractivity contribution in [1.29, 1.82) is 0 Å². The summed E-state index contributed by atoms with van der Waals surface area (Å²) in [7, 11) is 3.21. The third-order valence-corrected chi connectivity index (χ3v) is 6.42. The van der Waals surface area contributed by atoms with E-state index < -0.39 is 6.10 Å². The molecule has 1 fully saturated rings. The molecule has 1 saturated heterocycles. The molecule has 12 heteroatoms. The lowest BCUT2D eigenvalue weighted by atomic mass is 10.1. The quantitative estimate of drug-likeness (QED) is 0.424. The zero-order valence-electron chi connectivity index (χ0n) is 20.9. The molecule has 2 atom stereocenters. The molecule has 0 spiro atoms. The maximum Gasteiger partial charge on any atom is 0.260 e. The Labute approximate surface area is 214 Å². The smallest absolute Gasteiger partial charge is 0.260 e. The molecule has 4 bridgehead atoms. The van der Waals surface area contributed by atoms with Gasteiger partial charge in [0, 0.05) is 43.9 Å². The number of carbonyl (C=O) groups excluding carboxylic acids is 1. The van der Waals surface area contributed by atoms with Crippen LogP contribution < -0.4 is 19.5 Å². The van der Waals surface area contributed by atoms with E-state index in [4.69, 9.17) is 28.7 Å². The van der Waals surface area contributed by atoms with Crippen LogP contribution in [0.4, 0.5) is 5.69 Å². The summed E-state index contributed by atoms with van der Waals surface area (Å²) in [5, 5.41) is 17.2. The van der Waals surface area contributed by atoms with E-state index >= 15 is 0 Å². The van der Waals surface area contributed by atoms with Gasteiger partial charge in [-0.1, -0.05) is 0 Å². The lowest BCUT2D eigenvalue weighted by molar-refractivity contribution is -0.138. The molecule has 0 aliphatic carbocycles. The van der Waals surface area contributed by atoms with Crippen molar-refractivity contribution in [1.82, 2.24) is 19.5 Å². The number of hydrogen-bond donors (Lipinski definition) is 2. The highest BCUT2D eigenvalue weighted by atomic mass is 16.5. The molecule has 2 aliphatic heterocycles. The van der Waals surface area contributed by atoms with Crippen LogP contribution in [0.2, 0.25) is 0 Å². The number of benzene rings is 1. The number of ether oxygens (including phenoxy) is 5. The second-order valence-corrected chi connectivity index (χ2v) is 8.77. The number of methoxy groups -OCH3 is 2. The molecule has 2 aliphatic rings. The van der Waals surface area contributed by atoms with Gasteiger partial charge < -0.3 is 39.0 Å². The summed E-state index contributed by atoms with van der Waals surface area (Å²) in [6, 6.07) is 5.58. The van der Waals surface area contributed by atoms with Gasteiger partial charge in [-0.05, 0) is 17.7 Å². The average molecular weight is 514 g/mol. The Hall–Kier alpha value is -3.61. The molecule has 37 heavy (non-hydrogen) atoms. The molecule has 0 radical (unpaired) electrons. The molecular formula is C25H31N5O7. The van der Waals surface area contributed by atoms with Crippen LogP contribution in [-0.4, -0.2) is 103 Å². The Bertz CT molecular complexity index is 1250. The van der Waals surface area contributed by atoms with Crippen molar-refractivity contribution in [2.45, 2.75) is 18.6 Å². The molecule has 0 saturated carbocycles. The standard InChI is InChI=1S/C25H31N5O7/c1-33-7-8-36-21-12-18-15-37-24-22(35-6-5-31)14-30-23(28-24)20(13-27-30)16-9-17(11-19(10-16)34-2)26-3-4-29(18)25(21)32/h9-11,13-14,18,21,26,31H,3-8,12,15H2,1-2H3/t18-,21+/m0/s1. The zero-order chi connectivity index (χ0) is 25.8. The van der Waals surface area contributed by atoms with Gasteiger partial charge in [-0.2, -0.15) is 10.1 Å². The third kappa shape index (κ3) is 5.26. The summed E-state index contributed by atoms with van der Waals surface area (Å²) in [5.74, 6) is 1.20. The second-order valence-electron chi connectivity index (χ2n) is 8.77. The summed E-state index contributed by atoms with van der Waals surface area (Å²) < 4.78 is 29.9. The zero-order valence-corrected chi connectivity index (χ0v) is 20.9. The van der Waals surface area contributed by atoms with Crippen molar-refractivity contribution >= 4 is 17.2 Å². The molecule has 12 nitrogen and oxygen atoms in total. The highest BCUT2D eigenvalue weighted by Crippen LogP contribution is 2.34. The predicted octanol–water partition coefficient (Wildman–Crippen LogP) is 1.21. The first-order valence-electron chi connectivity index (χ1n) is 12.2. The van der Waals surface area contributed by atoms with Gasteiger partial charge in [-0.3, -0.25) is 4.79 Å². The van der Waals surface area contributed by atoms with Crippen molar-refractivity contribution in [3.05, 3.63) is 30.6 Å². The van der Waals surface area contributed by atoms with Crippen LogP contribution in [0.3, 0.4) is 0 Å². The Morgan fingerprint density at radius 2 is 2.11 bits per heavy atom. The molecular weight excluding hydrogens is 482 g/mol. The molecule has 3 aromatic rings. The van der Waals surface area contributed by atoms with E-state index in [0.29, 0.717) is 49.9 Å². The molecule has 1 amide bonds. The van der Waals surface area contributed by atoms with Crippen molar-refractivity contribution in [2.75, 3.05) is 65.7 Å². The summed E-state index contributed by atoms with van der Waals surface area (Å²) in [4.78, 5) is 19.7. The summed E-state index contributed by atoms with van der Waals surface area (Å²) in [6.45, 7) is 1.85. The van der Waals surface area contributed by atoms with Crippen LogP contribution in [0.15, 0.2) is 30.6 Å². The average Bonchev–Trinajstić information content (AvgIpc) is 3.45. The molecule has 0 unspecified atom stereocenters. The highest BCUT2D eigenvalue weighted by Gasteiger charge is 2.40. The van der Waals surface area contributed by atoms with Gasteiger partial charge in [-0.15, -0.1) is 0 Å². The van der Waals surface area contributed by atoms with Crippen molar-refractivity contribution in [3.63, 3.8) is 0 Å². The number of aliphatic hydroxyl groups is 1. The monoisotopic (exact) mass is 513 g/mol. The second kappa shape index (κ2) is 11.2. The van der Waals surface area contributed by atoms with Crippen LogP contribution in [0, 0.1) is 0 Å². The fourth-order valence-electron chi connectivity index (χ4n) is 4.62. The predicted molar refractivity (Wildman–Crippen MR) is 133 cm³/mol. The van der Waals surface area contributed by atoms with E-state index in [1.54, 1.807) is 36.0 Å². The van der Waals surface area contributed by atoms with E-state index in [1.807, 2.05) is 18.2 Å². The van der Waals surface area contributed by atoms with Gasteiger partial charge in [-0.25, -0.2) is 4.52 Å². The molecule has 198 valence electrons. The van der Waals surface area contributed by atoms with E-state index in [9.17, 15) is 9.90 Å². The number of amides is 1. The maximum atomic E-state index is 13.2. The van der Waals surface area contributed by atoms with Crippen LogP contribution >= 0.6 is 0 Å². The number of carbonyl (C=O) groups is 1. The van der Waals surface area contributed by atoms with Crippen LogP contribution in [-0.2, 0) is 14.3 Å². The van der Waals surface area contributed by atoms with Crippen molar-refractivity contribution < 1.29 is 33.6 Å². The van der Waals surface area contributed by atoms with Crippen molar-refractivity contribution in [2.24, 2.45) is 0 Å². The van der Waals surface area contributed by atoms with Crippen LogP contribution in [0.25, 0.3) is 16.8 Å². The number of hydrogen-bond acceptors (Lipinski definition) is 10. The van der Waals surface area contributed by atoms with Gasteiger partial charge in [0.05, 0.1) is 45.4 Å². The number of rotatable bonds is 8. The molecule has 4 heterocycles. The fourth-order valence-corrected chi connectivity index (χ4v) is 4.62. The fraction of sp³-hybridized carbons (Fsp3) is 0.480. The van der Waals surface area contributed by atoms with Gasteiger partial charge in [0.15, 0.2) is 11.4 Å². The Balaban J connectivity index is 1.53. The van der Waals surface area contributed by atoms with Gasteiger partial charge >= 0.3 is 0 Å². The maximum absolute atomic E-state index is 13.2. The first-order chi connectivity index (χ1) is 18.1. The SMILES string of the molecule is COCCO[C@@H]1C[C@H]2COc3nc4c(cnn4cc3OCCO)-c3cc(cc(OC)c3)NCCN2C1=O. The number of aromatic nitrogens is 3. The van der Waals surface area contributed by atoms with Crippen LogP contribution in [0.1, 0.15) is 6.42 Å². The lowest BCUT2D eigenvalue weighted by Gasteiger charge is -2.25. The van der Waals surface area contributed by atoms with Gasteiger partial charge in [0.25, 0.3) is 11.8 Å². The normalized spacial score (nSPS) is 19.3. The number of nitrogens with one attached hydrogen (secondary N) is 1. The summed E-state index contributed by atoms with van der Waals surface area (Å²) >= 11 is 0. The molecule has 2 aromatic heterocycles. The number of aliphatic hydroxyl groups excluding tert-OH is 1. The topological polar surface area (TPSA) is 129 Å². The molecule has 1 aromatic carbocycles. The van der Waals surface area contributed by atoms with E-state index in [2.05, 4.69) is 10.4 Å². The molecule has 5 rings (SSSR count). The minimum absolute atomic E-state index is 0.0754. The lowest BCUT2D eigenvalue weighted by Crippen LogP contribution is -2.41.